The van der Waals surface area contributed by atoms with Gasteiger partial charge in [0, 0.05) is 22.0 Å². The van der Waals surface area contributed by atoms with Crippen molar-refractivity contribution < 1.29 is 4.79 Å². The maximum atomic E-state index is 12.3. The first-order chi connectivity index (χ1) is 8.99. The van der Waals surface area contributed by atoms with Crippen molar-refractivity contribution >= 4 is 39.0 Å². The molecule has 0 aliphatic heterocycles. The summed E-state index contributed by atoms with van der Waals surface area (Å²) in [5.41, 5.74) is 7.39. The lowest BCUT2D eigenvalue weighted by Crippen LogP contribution is -2.41. The van der Waals surface area contributed by atoms with Gasteiger partial charge in [0.1, 0.15) is 0 Å². The van der Waals surface area contributed by atoms with E-state index in [-0.39, 0.29) is 17.9 Å². The van der Waals surface area contributed by atoms with Crippen molar-refractivity contribution in [3.05, 3.63) is 33.8 Å². The third-order valence-corrected chi connectivity index (χ3v) is 4.44. The number of carbonyl (C=O) groups is 1. The lowest BCUT2D eigenvalue weighted by molar-refractivity contribution is 0.0933. The summed E-state index contributed by atoms with van der Waals surface area (Å²) in [6, 6.07) is 5.77. The molecule has 3 N–H and O–H groups in total. The lowest BCUT2D eigenvalue weighted by atomic mass is 10.0. The summed E-state index contributed by atoms with van der Waals surface area (Å²) >= 11 is 8.46. The van der Waals surface area contributed by atoms with Crippen molar-refractivity contribution in [1.29, 1.82) is 0 Å². The topological polar surface area (TPSA) is 55.1 Å². The summed E-state index contributed by atoms with van der Waals surface area (Å²) in [5, 5.41) is 3.07. The van der Waals surface area contributed by atoms with Crippen LogP contribution in [0.2, 0.25) is 0 Å². The van der Waals surface area contributed by atoms with E-state index in [1.54, 1.807) is 0 Å². The summed E-state index contributed by atoms with van der Waals surface area (Å²) in [4.78, 5) is 12.8. The number of halogens is 1. The average molecular weight is 341 g/mol. The molecule has 3 nitrogen and oxygen atoms in total. The molecule has 0 heterocycles. The zero-order chi connectivity index (χ0) is 14.0. The van der Waals surface area contributed by atoms with Gasteiger partial charge in [-0.25, -0.2) is 0 Å². The van der Waals surface area contributed by atoms with Crippen LogP contribution in [0.25, 0.3) is 0 Å². The van der Waals surface area contributed by atoms with Crippen LogP contribution in [0.3, 0.4) is 0 Å². The van der Waals surface area contributed by atoms with Gasteiger partial charge < -0.3 is 11.1 Å². The highest BCUT2D eigenvalue weighted by atomic mass is 79.9. The zero-order valence-corrected chi connectivity index (χ0v) is 13.2. The minimum absolute atomic E-state index is 0.0491. The van der Waals surface area contributed by atoms with Crippen molar-refractivity contribution in [1.82, 2.24) is 5.32 Å². The number of nitrogens with two attached hydrogens (primary N) is 1. The number of amides is 1. The molecule has 1 aliphatic rings. The highest BCUT2D eigenvalue weighted by molar-refractivity contribution is 9.10. The summed E-state index contributed by atoms with van der Waals surface area (Å²) in [5.74, 6) is 0.0818. The van der Waals surface area contributed by atoms with Crippen molar-refractivity contribution in [2.75, 3.05) is 0 Å². The molecule has 1 aliphatic carbocycles. The minimum Gasteiger partial charge on any atom is -0.393 e. The van der Waals surface area contributed by atoms with Gasteiger partial charge >= 0.3 is 0 Å². The molecule has 102 valence electrons. The molecular weight excluding hydrogens is 324 g/mol. The van der Waals surface area contributed by atoms with E-state index in [1.165, 1.54) is 0 Å². The molecule has 2 atom stereocenters. The molecular formula is C14H17BrN2OS. The van der Waals surface area contributed by atoms with Crippen LogP contribution in [0, 0.1) is 12.8 Å². The highest BCUT2D eigenvalue weighted by Crippen LogP contribution is 2.26. The Morgan fingerprint density at radius 2 is 2.21 bits per heavy atom. The number of hydrogen-bond acceptors (Lipinski definition) is 2. The molecule has 0 radical (unpaired) electrons. The molecule has 2 unspecified atom stereocenters. The maximum absolute atomic E-state index is 12.3. The molecule has 5 heteroatoms. The van der Waals surface area contributed by atoms with E-state index in [9.17, 15) is 4.79 Å². The standard InChI is InChI=1S/C14H17BrN2OS/c1-8-5-6-9(15)7-11(8)14(18)17-12-4-2-3-10(12)13(16)19/h5-7,10,12H,2-4H2,1H3,(H2,16,19)(H,17,18). The van der Waals surface area contributed by atoms with E-state index in [0.29, 0.717) is 10.6 Å². The lowest BCUT2D eigenvalue weighted by Gasteiger charge is -2.20. The van der Waals surface area contributed by atoms with Crippen LogP contribution in [-0.4, -0.2) is 16.9 Å². The van der Waals surface area contributed by atoms with Crippen LogP contribution < -0.4 is 11.1 Å². The van der Waals surface area contributed by atoms with Gasteiger partial charge in [-0.15, -0.1) is 0 Å². The smallest absolute Gasteiger partial charge is 0.251 e. The van der Waals surface area contributed by atoms with Gasteiger partial charge in [-0.3, -0.25) is 4.79 Å². The molecule has 0 bridgehead atoms. The van der Waals surface area contributed by atoms with Gasteiger partial charge in [0.2, 0.25) is 0 Å². The van der Waals surface area contributed by atoms with Crippen molar-refractivity contribution in [3.63, 3.8) is 0 Å². The summed E-state index contributed by atoms with van der Waals surface area (Å²) < 4.78 is 0.903. The van der Waals surface area contributed by atoms with Gasteiger partial charge in [-0.2, -0.15) is 0 Å². The number of rotatable bonds is 3. The van der Waals surface area contributed by atoms with Crippen LogP contribution in [-0.2, 0) is 0 Å². The average Bonchev–Trinajstić information content (AvgIpc) is 2.80. The Balaban J connectivity index is 2.12. The number of carbonyl (C=O) groups excluding carboxylic acids is 1. The van der Waals surface area contributed by atoms with E-state index in [2.05, 4.69) is 21.2 Å². The Morgan fingerprint density at radius 3 is 2.89 bits per heavy atom. The van der Waals surface area contributed by atoms with Gasteiger partial charge in [-0.05, 0) is 37.5 Å². The van der Waals surface area contributed by atoms with E-state index in [0.717, 1.165) is 29.3 Å². The second kappa shape index (κ2) is 6.01. The summed E-state index contributed by atoms with van der Waals surface area (Å²) in [6.45, 7) is 1.93. The molecule has 0 saturated heterocycles. The number of hydrogen-bond donors (Lipinski definition) is 2. The van der Waals surface area contributed by atoms with Crippen LogP contribution in [0.1, 0.15) is 35.2 Å². The minimum atomic E-state index is -0.0491. The largest absolute Gasteiger partial charge is 0.393 e. The Hall–Kier alpha value is -0.940. The van der Waals surface area contributed by atoms with E-state index < -0.39 is 0 Å². The van der Waals surface area contributed by atoms with Crippen molar-refractivity contribution in [2.45, 2.75) is 32.2 Å². The summed E-state index contributed by atoms with van der Waals surface area (Å²) in [7, 11) is 0. The first-order valence-electron chi connectivity index (χ1n) is 6.35. The third kappa shape index (κ3) is 3.34. The molecule has 0 spiro atoms. The second-order valence-corrected chi connectivity index (χ2v) is 6.37. The summed E-state index contributed by atoms with van der Waals surface area (Å²) in [6.07, 6.45) is 2.98. The van der Waals surface area contributed by atoms with Gasteiger partial charge in [0.15, 0.2) is 0 Å². The van der Waals surface area contributed by atoms with Crippen molar-refractivity contribution in [3.8, 4) is 0 Å². The van der Waals surface area contributed by atoms with Crippen LogP contribution in [0.15, 0.2) is 22.7 Å². The van der Waals surface area contributed by atoms with Crippen LogP contribution in [0.4, 0.5) is 0 Å². The maximum Gasteiger partial charge on any atom is 0.251 e. The molecule has 1 saturated carbocycles. The third-order valence-electron chi connectivity index (χ3n) is 3.64. The SMILES string of the molecule is Cc1ccc(Br)cc1C(=O)NC1CCCC1C(N)=S. The Bertz CT molecular complexity index is 518. The molecule has 1 fully saturated rings. The molecule has 19 heavy (non-hydrogen) atoms. The van der Waals surface area contributed by atoms with Gasteiger partial charge in [0.05, 0.1) is 4.99 Å². The highest BCUT2D eigenvalue weighted by Gasteiger charge is 2.30. The molecule has 0 aromatic heterocycles. The van der Waals surface area contributed by atoms with Gasteiger partial charge in [-0.1, -0.05) is 40.6 Å². The fourth-order valence-corrected chi connectivity index (χ4v) is 3.20. The predicted molar refractivity (Wildman–Crippen MR) is 84.3 cm³/mol. The zero-order valence-electron chi connectivity index (χ0n) is 10.8. The normalized spacial score (nSPS) is 22.2. The first-order valence-corrected chi connectivity index (χ1v) is 7.55. The van der Waals surface area contributed by atoms with Crippen LogP contribution >= 0.6 is 28.1 Å². The number of thiocarbonyl (C=S) groups is 1. The first kappa shape index (κ1) is 14.5. The Morgan fingerprint density at radius 1 is 1.47 bits per heavy atom. The Kier molecular flexibility index (Phi) is 4.58. The fraction of sp³-hybridized carbons (Fsp3) is 0.429. The second-order valence-electron chi connectivity index (χ2n) is 4.98. The number of nitrogens with one attached hydrogen (secondary N) is 1. The molecule has 1 aromatic carbocycles. The van der Waals surface area contributed by atoms with Gasteiger partial charge in [0.25, 0.3) is 5.91 Å². The van der Waals surface area contributed by atoms with Crippen LogP contribution in [0.5, 0.6) is 0 Å². The predicted octanol–water partition coefficient (Wildman–Crippen LogP) is 2.94. The van der Waals surface area contributed by atoms with E-state index >= 15 is 0 Å². The molecule has 1 aromatic rings. The molecule has 2 rings (SSSR count). The van der Waals surface area contributed by atoms with E-state index in [4.69, 9.17) is 18.0 Å². The number of benzene rings is 1. The fourth-order valence-electron chi connectivity index (χ4n) is 2.56. The monoisotopic (exact) mass is 340 g/mol. The number of aryl methyl sites for hydroxylation is 1. The quantitative estimate of drug-likeness (QED) is 0.831. The van der Waals surface area contributed by atoms with E-state index in [1.807, 2.05) is 25.1 Å². The molecule has 1 amide bonds. The van der Waals surface area contributed by atoms with Crippen molar-refractivity contribution in [2.24, 2.45) is 11.7 Å². The Labute approximate surface area is 127 Å².